The van der Waals surface area contributed by atoms with E-state index < -0.39 is 0 Å². The van der Waals surface area contributed by atoms with E-state index in [-0.39, 0.29) is 0 Å². The van der Waals surface area contributed by atoms with Crippen molar-refractivity contribution in [3.63, 3.8) is 0 Å². The van der Waals surface area contributed by atoms with Crippen LogP contribution in [0.4, 0.5) is 0 Å². The zero-order valence-corrected chi connectivity index (χ0v) is 10.4. The number of hydrogen-bond donors (Lipinski definition) is 1. The van der Waals surface area contributed by atoms with Gasteiger partial charge in [-0.1, -0.05) is 6.07 Å². The smallest absolute Gasteiger partial charge is 0.128 e. The molecule has 17 heavy (non-hydrogen) atoms. The van der Waals surface area contributed by atoms with Crippen molar-refractivity contribution >= 4 is 10.9 Å². The minimum absolute atomic E-state index is 0.385. The molecule has 2 N–H and O–H groups in total. The number of nitrogens with zero attached hydrogens (tertiary/aromatic N) is 1. The highest BCUT2D eigenvalue weighted by Gasteiger charge is 2.14. The number of ether oxygens (including phenoxy) is 1. The lowest BCUT2D eigenvalue weighted by Crippen LogP contribution is -1.99. The van der Waals surface area contributed by atoms with Gasteiger partial charge in [0.05, 0.1) is 19.2 Å². The summed E-state index contributed by atoms with van der Waals surface area (Å²) in [4.78, 5) is 4.76. The van der Waals surface area contributed by atoms with E-state index in [2.05, 4.69) is 30.7 Å². The highest BCUT2D eigenvalue weighted by molar-refractivity contribution is 5.90. The number of rotatable bonds is 4. The molecule has 0 aliphatic rings. The largest absolute Gasteiger partial charge is 0.496 e. The van der Waals surface area contributed by atoms with Crippen molar-refractivity contribution in [2.75, 3.05) is 7.11 Å². The van der Waals surface area contributed by atoms with Crippen molar-refractivity contribution in [2.45, 2.75) is 26.5 Å². The summed E-state index contributed by atoms with van der Waals surface area (Å²) < 4.78 is 7.60. The molecular weight excluding hydrogens is 216 g/mol. The second kappa shape index (κ2) is 4.77. The lowest BCUT2D eigenvalue weighted by atomic mass is 10.1. The van der Waals surface area contributed by atoms with Crippen LogP contribution in [0.25, 0.3) is 10.9 Å². The molecule has 0 unspecified atom stereocenters. The minimum Gasteiger partial charge on any atom is -0.496 e. The molecule has 0 fully saturated rings. The van der Waals surface area contributed by atoms with Crippen molar-refractivity contribution in [2.24, 2.45) is 5.90 Å². The van der Waals surface area contributed by atoms with E-state index in [0.29, 0.717) is 12.6 Å². The van der Waals surface area contributed by atoms with Gasteiger partial charge in [0.1, 0.15) is 5.75 Å². The first-order valence-corrected chi connectivity index (χ1v) is 5.67. The molecule has 4 nitrogen and oxygen atoms in total. The summed E-state index contributed by atoms with van der Waals surface area (Å²) in [6.45, 7) is 4.68. The van der Waals surface area contributed by atoms with E-state index in [0.717, 1.165) is 22.2 Å². The van der Waals surface area contributed by atoms with E-state index in [9.17, 15) is 0 Å². The van der Waals surface area contributed by atoms with Crippen molar-refractivity contribution < 1.29 is 9.57 Å². The third-order valence-corrected chi connectivity index (χ3v) is 2.91. The Morgan fingerprint density at radius 2 is 2.12 bits per heavy atom. The van der Waals surface area contributed by atoms with Gasteiger partial charge in [0, 0.05) is 23.2 Å². The molecule has 0 aliphatic heterocycles. The number of nitrogens with two attached hydrogens (primary N) is 1. The summed E-state index contributed by atoms with van der Waals surface area (Å²) in [7, 11) is 1.68. The number of fused-ring (bicyclic) bond motifs is 1. The van der Waals surface area contributed by atoms with Gasteiger partial charge in [0.25, 0.3) is 0 Å². The molecule has 0 saturated heterocycles. The third kappa shape index (κ3) is 2.01. The molecule has 2 rings (SSSR count). The number of aromatic nitrogens is 1. The zero-order chi connectivity index (χ0) is 12.4. The van der Waals surface area contributed by atoms with Gasteiger partial charge in [-0.25, -0.2) is 5.90 Å². The molecule has 1 aromatic heterocycles. The molecule has 0 saturated carbocycles. The Hall–Kier alpha value is -1.52. The second-order valence-corrected chi connectivity index (χ2v) is 4.32. The maximum Gasteiger partial charge on any atom is 0.128 e. The molecule has 0 atom stereocenters. The van der Waals surface area contributed by atoms with Crippen LogP contribution in [-0.4, -0.2) is 11.7 Å². The quantitative estimate of drug-likeness (QED) is 0.827. The Kier molecular flexibility index (Phi) is 3.36. The van der Waals surface area contributed by atoms with Crippen LogP contribution in [0, 0.1) is 0 Å². The van der Waals surface area contributed by atoms with Gasteiger partial charge in [0.15, 0.2) is 0 Å². The maximum atomic E-state index is 5.40. The van der Waals surface area contributed by atoms with Crippen molar-refractivity contribution in [3.05, 3.63) is 30.0 Å². The number of methoxy groups -OCH3 is 1. The van der Waals surface area contributed by atoms with Gasteiger partial charge in [-0.2, -0.15) is 0 Å². The van der Waals surface area contributed by atoms with E-state index in [4.69, 9.17) is 15.5 Å². The van der Waals surface area contributed by atoms with Crippen LogP contribution in [0.3, 0.4) is 0 Å². The number of benzene rings is 1. The first-order chi connectivity index (χ1) is 8.19. The summed E-state index contributed by atoms with van der Waals surface area (Å²) in [5.74, 6) is 6.03. The zero-order valence-electron chi connectivity index (χ0n) is 10.4. The second-order valence-electron chi connectivity index (χ2n) is 4.32. The summed E-state index contributed by atoms with van der Waals surface area (Å²) in [6, 6.07) is 6.41. The molecule has 0 aliphatic carbocycles. The van der Waals surface area contributed by atoms with Crippen molar-refractivity contribution in [3.8, 4) is 5.75 Å². The van der Waals surface area contributed by atoms with Gasteiger partial charge >= 0.3 is 0 Å². The Bertz CT molecular complexity index is 517. The fourth-order valence-corrected chi connectivity index (χ4v) is 2.16. The Labute approximate surface area is 101 Å². The average molecular weight is 234 g/mol. The summed E-state index contributed by atoms with van der Waals surface area (Å²) in [5, 5.41) is 1.08. The van der Waals surface area contributed by atoms with Crippen LogP contribution in [0.15, 0.2) is 24.4 Å². The highest BCUT2D eigenvalue weighted by Crippen LogP contribution is 2.32. The third-order valence-electron chi connectivity index (χ3n) is 2.91. The van der Waals surface area contributed by atoms with Crippen LogP contribution < -0.4 is 10.6 Å². The highest BCUT2D eigenvalue weighted by atomic mass is 16.6. The van der Waals surface area contributed by atoms with Gasteiger partial charge < -0.3 is 9.30 Å². The summed E-state index contributed by atoms with van der Waals surface area (Å²) in [6.07, 6.45) is 2.07. The first kappa shape index (κ1) is 12.0. The van der Waals surface area contributed by atoms with Crippen LogP contribution in [-0.2, 0) is 11.4 Å². The lowest BCUT2D eigenvalue weighted by molar-refractivity contribution is 0.124. The van der Waals surface area contributed by atoms with E-state index in [1.165, 1.54) is 0 Å². The molecule has 92 valence electrons. The topological polar surface area (TPSA) is 49.4 Å². The summed E-state index contributed by atoms with van der Waals surface area (Å²) in [5.41, 5.74) is 2.19. The predicted molar refractivity (Wildman–Crippen MR) is 67.9 cm³/mol. The van der Waals surface area contributed by atoms with Gasteiger partial charge in [-0.15, -0.1) is 0 Å². The Balaban J connectivity index is 2.71. The standard InChI is InChI=1S/C13H18N2O2/c1-9(2)15-7-10(8-17-14)13-11(15)5-4-6-12(13)16-3/h4-7,9H,8,14H2,1-3H3. The minimum atomic E-state index is 0.385. The van der Waals surface area contributed by atoms with Gasteiger partial charge in [0.2, 0.25) is 0 Å². The Morgan fingerprint density at radius 3 is 2.71 bits per heavy atom. The van der Waals surface area contributed by atoms with Crippen LogP contribution in [0.1, 0.15) is 25.5 Å². The fourth-order valence-electron chi connectivity index (χ4n) is 2.16. The van der Waals surface area contributed by atoms with E-state index in [1.54, 1.807) is 7.11 Å². The SMILES string of the molecule is COc1cccc2c1c(CON)cn2C(C)C. The van der Waals surface area contributed by atoms with Crippen molar-refractivity contribution in [1.82, 2.24) is 4.57 Å². The molecule has 0 bridgehead atoms. The predicted octanol–water partition coefficient (Wildman–Crippen LogP) is 2.62. The average Bonchev–Trinajstić information content (AvgIpc) is 2.69. The summed E-state index contributed by atoms with van der Waals surface area (Å²) >= 11 is 0. The fraction of sp³-hybridized carbons (Fsp3) is 0.385. The monoisotopic (exact) mass is 234 g/mol. The van der Waals surface area contributed by atoms with Gasteiger partial charge in [-0.3, -0.25) is 4.84 Å². The normalized spacial score (nSPS) is 11.4. The van der Waals surface area contributed by atoms with Crippen LogP contribution >= 0.6 is 0 Å². The Morgan fingerprint density at radius 1 is 1.35 bits per heavy atom. The molecule has 0 radical (unpaired) electrons. The molecule has 0 amide bonds. The maximum absolute atomic E-state index is 5.40. The number of hydrogen-bond acceptors (Lipinski definition) is 3. The molecule has 2 aromatic rings. The molecule has 1 aromatic carbocycles. The molecular formula is C13H18N2O2. The first-order valence-electron chi connectivity index (χ1n) is 5.67. The van der Waals surface area contributed by atoms with E-state index in [1.807, 2.05) is 12.1 Å². The molecule has 1 heterocycles. The molecule has 4 heteroatoms. The lowest BCUT2D eigenvalue weighted by Gasteiger charge is -2.09. The van der Waals surface area contributed by atoms with E-state index >= 15 is 0 Å². The van der Waals surface area contributed by atoms with Gasteiger partial charge in [-0.05, 0) is 26.0 Å². The van der Waals surface area contributed by atoms with Crippen LogP contribution in [0.2, 0.25) is 0 Å². The van der Waals surface area contributed by atoms with Crippen LogP contribution in [0.5, 0.6) is 5.75 Å². The molecule has 0 spiro atoms. The van der Waals surface area contributed by atoms with Crippen molar-refractivity contribution in [1.29, 1.82) is 0 Å².